The molecule has 1 aliphatic heterocycles. The molecule has 1 unspecified atom stereocenters. The summed E-state index contributed by atoms with van der Waals surface area (Å²) in [4.78, 5) is 25.8. The molecule has 1 atom stereocenters. The van der Waals surface area contributed by atoms with Gasteiger partial charge in [-0.2, -0.15) is 0 Å². The highest BCUT2D eigenvalue weighted by molar-refractivity contribution is 5.86. The van der Waals surface area contributed by atoms with E-state index >= 15 is 0 Å². The van der Waals surface area contributed by atoms with Gasteiger partial charge in [0, 0.05) is 6.54 Å². The summed E-state index contributed by atoms with van der Waals surface area (Å²) in [5, 5.41) is 12.8. The number of carbonyl (C=O) groups excluding carboxylic acids is 2. The number of amides is 2. The fraction of sp³-hybridized carbons (Fsp3) is 0.529. The molecule has 0 spiro atoms. The zero-order valence-corrected chi connectivity index (χ0v) is 13.2. The molecule has 1 heterocycles. The lowest BCUT2D eigenvalue weighted by atomic mass is 9.96. The van der Waals surface area contributed by atoms with Gasteiger partial charge in [0.1, 0.15) is 0 Å². The summed E-state index contributed by atoms with van der Waals surface area (Å²) in [6.07, 6.45) is 1.95. The summed E-state index contributed by atoms with van der Waals surface area (Å²) in [5.41, 5.74) is 0.00297. The van der Waals surface area contributed by atoms with E-state index in [1.807, 2.05) is 30.3 Å². The fourth-order valence-corrected chi connectivity index (χ4v) is 2.92. The van der Waals surface area contributed by atoms with Gasteiger partial charge >= 0.3 is 0 Å². The molecule has 1 aliphatic rings. The van der Waals surface area contributed by atoms with Crippen LogP contribution in [0.15, 0.2) is 30.3 Å². The first-order valence-corrected chi connectivity index (χ1v) is 7.70. The molecule has 0 saturated carbocycles. The van der Waals surface area contributed by atoms with Crippen LogP contribution in [0, 0.1) is 0 Å². The highest BCUT2D eigenvalue weighted by Gasteiger charge is 2.38. The number of rotatable bonds is 5. The van der Waals surface area contributed by atoms with Gasteiger partial charge < -0.3 is 15.3 Å². The Balaban J connectivity index is 1.83. The number of hydrogen-bond acceptors (Lipinski definition) is 3. The highest BCUT2D eigenvalue weighted by Crippen LogP contribution is 2.26. The zero-order valence-electron chi connectivity index (χ0n) is 13.2. The summed E-state index contributed by atoms with van der Waals surface area (Å²) in [6.45, 7) is 4.06. The van der Waals surface area contributed by atoms with Gasteiger partial charge in [0.25, 0.3) is 0 Å². The largest absolute Gasteiger partial charge is 0.388 e. The summed E-state index contributed by atoms with van der Waals surface area (Å²) in [7, 11) is 0. The molecule has 1 aromatic carbocycles. The molecule has 0 aliphatic carbocycles. The Morgan fingerprint density at radius 3 is 2.64 bits per heavy atom. The normalized spacial score (nSPS) is 18.3. The average Bonchev–Trinajstić information content (AvgIpc) is 2.95. The number of benzene rings is 1. The van der Waals surface area contributed by atoms with Gasteiger partial charge in [-0.05, 0) is 32.3 Å². The lowest BCUT2D eigenvalue weighted by Gasteiger charge is -2.33. The molecule has 0 aromatic heterocycles. The number of likely N-dealkylation sites (tertiary alicyclic amines) is 1. The van der Waals surface area contributed by atoms with E-state index in [0.29, 0.717) is 6.54 Å². The van der Waals surface area contributed by atoms with Crippen molar-refractivity contribution in [3.8, 4) is 0 Å². The van der Waals surface area contributed by atoms with E-state index < -0.39 is 5.60 Å². The standard InChI is InChI=1S/C17H24N2O3/c1-17(2,22)14-9-6-10-19(14)16(21)12-18-15(20)11-13-7-4-3-5-8-13/h3-5,7-8,14,22H,6,9-12H2,1-2H3,(H,18,20). The van der Waals surface area contributed by atoms with Crippen molar-refractivity contribution in [2.24, 2.45) is 0 Å². The van der Waals surface area contributed by atoms with Gasteiger partial charge in [-0.15, -0.1) is 0 Å². The molecule has 0 bridgehead atoms. The molecule has 2 N–H and O–H groups in total. The smallest absolute Gasteiger partial charge is 0.242 e. The number of hydrogen-bond donors (Lipinski definition) is 2. The van der Waals surface area contributed by atoms with Crippen molar-refractivity contribution in [1.29, 1.82) is 0 Å². The van der Waals surface area contributed by atoms with E-state index in [1.54, 1.807) is 18.7 Å². The number of carbonyl (C=O) groups is 2. The number of nitrogens with zero attached hydrogens (tertiary/aromatic N) is 1. The van der Waals surface area contributed by atoms with Crippen LogP contribution in [0.4, 0.5) is 0 Å². The van der Waals surface area contributed by atoms with E-state index in [4.69, 9.17) is 0 Å². The van der Waals surface area contributed by atoms with Crippen molar-refractivity contribution < 1.29 is 14.7 Å². The second-order valence-electron chi connectivity index (χ2n) is 6.34. The molecule has 1 saturated heterocycles. The zero-order chi connectivity index (χ0) is 16.2. The van der Waals surface area contributed by atoms with Crippen molar-refractivity contribution >= 4 is 11.8 Å². The van der Waals surface area contributed by atoms with Crippen LogP contribution in [-0.4, -0.2) is 46.6 Å². The summed E-state index contributed by atoms with van der Waals surface area (Å²) in [5.74, 6) is -0.301. The average molecular weight is 304 g/mol. The van der Waals surface area contributed by atoms with Crippen LogP contribution in [0.1, 0.15) is 32.3 Å². The third-order valence-corrected chi connectivity index (χ3v) is 4.03. The van der Waals surface area contributed by atoms with Gasteiger partial charge in [-0.1, -0.05) is 30.3 Å². The van der Waals surface area contributed by atoms with Crippen LogP contribution in [0.25, 0.3) is 0 Å². The van der Waals surface area contributed by atoms with Crippen molar-refractivity contribution in [3.05, 3.63) is 35.9 Å². The first kappa shape index (κ1) is 16.5. The van der Waals surface area contributed by atoms with Crippen LogP contribution < -0.4 is 5.32 Å². The Kier molecular flexibility index (Phi) is 5.19. The maximum atomic E-state index is 12.3. The van der Waals surface area contributed by atoms with Gasteiger partial charge in [0.15, 0.2) is 0 Å². The number of nitrogens with one attached hydrogen (secondary N) is 1. The van der Waals surface area contributed by atoms with Crippen molar-refractivity contribution in [2.75, 3.05) is 13.1 Å². The third-order valence-electron chi connectivity index (χ3n) is 4.03. The minimum Gasteiger partial charge on any atom is -0.388 e. The lowest BCUT2D eigenvalue weighted by molar-refractivity contribution is -0.137. The van der Waals surface area contributed by atoms with Crippen LogP contribution in [-0.2, 0) is 16.0 Å². The molecular weight excluding hydrogens is 280 g/mol. The Bertz CT molecular complexity index is 522. The molecule has 5 nitrogen and oxygen atoms in total. The predicted octanol–water partition coefficient (Wildman–Crippen LogP) is 1.11. The highest BCUT2D eigenvalue weighted by atomic mass is 16.3. The van der Waals surface area contributed by atoms with Gasteiger partial charge in [-0.25, -0.2) is 0 Å². The lowest BCUT2D eigenvalue weighted by Crippen LogP contribution is -2.50. The molecular formula is C17H24N2O3. The Hall–Kier alpha value is -1.88. The summed E-state index contributed by atoms with van der Waals surface area (Å²) >= 11 is 0. The van der Waals surface area contributed by atoms with Crippen LogP contribution in [0.2, 0.25) is 0 Å². The SMILES string of the molecule is CC(C)(O)C1CCCN1C(=O)CNC(=O)Cc1ccccc1. The van der Waals surface area contributed by atoms with E-state index in [0.717, 1.165) is 18.4 Å². The van der Waals surface area contributed by atoms with Crippen molar-refractivity contribution in [2.45, 2.75) is 44.8 Å². The Labute approximate surface area is 131 Å². The third kappa shape index (κ3) is 4.31. The van der Waals surface area contributed by atoms with Crippen LogP contribution >= 0.6 is 0 Å². The van der Waals surface area contributed by atoms with E-state index in [1.165, 1.54) is 0 Å². The molecule has 0 radical (unpaired) electrons. The molecule has 120 valence electrons. The maximum absolute atomic E-state index is 12.3. The monoisotopic (exact) mass is 304 g/mol. The van der Waals surface area contributed by atoms with E-state index in [9.17, 15) is 14.7 Å². The van der Waals surface area contributed by atoms with Gasteiger partial charge in [0.2, 0.25) is 11.8 Å². The second kappa shape index (κ2) is 6.92. The van der Waals surface area contributed by atoms with E-state index in [2.05, 4.69) is 5.32 Å². The second-order valence-corrected chi connectivity index (χ2v) is 6.34. The molecule has 5 heteroatoms. The van der Waals surface area contributed by atoms with Crippen LogP contribution in [0.5, 0.6) is 0 Å². The minimum absolute atomic E-state index is 0.0156. The summed E-state index contributed by atoms with van der Waals surface area (Å²) < 4.78 is 0. The maximum Gasteiger partial charge on any atom is 0.242 e. The fourth-order valence-electron chi connectivity index (χ4n) is 2.92. The molecule has 2 rings (SSSR count). The molecule has 1 aromatic rings. The minimum atomic E-state index is -0.916. The quantitative estimate of drug-likeness (QED) is 0.856. The Morgan fingerprint density at radius 1 is 1.32 bits per heavy atom. The summed E-state index contributed by atoms with van der Waals surface area (Å²) in [6, 6.07) is 9.25. The number of aliphatic hydroxyl groups is 1. The van der Waals surface area contributed by atoms with E-state index in [-0.39, 0.29) is 30.8 Å². The first-order valence-electron chi connectivity index (χ1n) is 7.70. The van der Waals surface area contributed by atoms with Crippen LogP contribution in [0.3, 0.4) is 0 Å². The van der Waals surface area contributed by atoms with Gasteiger partial charge in [-0.3, -0.25) is 9.59 Å². The predicted molar refractivity (Wildman–Crippen MR) is 84.2 cm³/mol. The Morgan fingerprint density at radius 2 is 2.00 bits per heavy atom. The molecule has 1 fully saturated rings. The van der Waals surface area contributed by atoms with Crippen molar-refractivity contribution in [3.63, 3.8) is 0 Å². The molecule has 22 heavy (non-hydrogen) atoms. The van der Waals surface area contributed by atoms with Crippen molar-refractivity contribution in [1.82, 2.24) is 10.2 Å². The topological polar surface area (TPSA) is 69.6 Å². The first-order chi connectivity index (χ1) is 10.4. The van der Waals surface area contributed by atoms with Gasteiger partial charge in [0.05, 0.1) is 24.6 Å². The molecule has 2 amide bonds.